The highest BCUT2D eigenvalue weighted by Gasteiger charge is 2.15. The van der Waals surface area contributed by atoms with E-state index in [-0.39, 0.29) is 0 Å². The van der Waals surface area contributed by atoms with Crippen LogP contribution >= 0.6 is 11.6 Å². The molecule has 2 N–H and O–H groups in total. The van der Waals surface area contributed by atoms with Gasteiger partial charge in [-0.05, 0) is 36.2 Å². The van der Waals surface area contributed by atoms with Gasteiger partial charge in [0.1, 0.15) is 5.84 Å². The largest absolute Gasteiger partial charge is 0.378 e. The second-order valence-corrected chi connectivity index (χ2v) is 7.52. The minimum absolute atomic E-state index is 0.629. The highest BCUT2D eigenvalue weighted by molar-refractivity contribution is 6.30. The van der Waals surface area contributed by atoms with E-state index in [4.69, 9.17) is 11.6 Å². The van der Waals surface area contributed by atoms with Crippen molar-refractivity contribution < 1.29 is 5.21 Å². The van der Waals surface area contributed by atoms with Gasteiger partial charge in [-0.3, -0.25) is 10.7 Å². The molecule has 2 aromatic rings. The minimum atomic E-state index is 0.629. The lowest BCUT2D eigenvalue weighted by atomic mass is 9.87. The number of anilines is 1. The summed E-state index contributed by atoms with van der Waals surface area (Å²) in [5.74, 6) is 1.26. The summed E-state index contributed by atoms with van der Waals surface area (Å²) in [6.07, 6.45) is 7.19. The van der Waals surface area contributed by atoms with Gasteiger partial charge in [0.25, 0.3) is 0 Å². The average Bonchev–Trinajstić information content (AvgIpc) is 2.69. The number of aliphatic imine (C=N–C) groups is 1. The number of hydroxylamine groups is 1. The smallest absolute Gasteiger partial charge is 0.126 e. The van der Waals surface area contributed by atoms with Gasteiger partial charge >= 0.3 is 0 Å². The Morgan fingerprint density at radius 2 is 1.78 bits per heavy atom. The van der Waals surface area contributed by atoms with Gasteiger partial charge < -0.3 is 4.90 Å². The van der Waals surface area contributed by atoms with E-state index < -0.39 is 0 Å². The van der Waals surface area contributed by atoms with E-state index in [0.717, 1.165) is 12.1 Å². The van der Waals surface area contributed by atoms with Gasteiger partial charge in [0.05, 0.1) is 5.69 Å². The van der Waals surface area contributed by atoms with Crippen molar-refractivity contribution in [2.75, 3.05) is 19.0 Å². The van der Waals surface area contributed by atoms with Gasteiger partial charge in [-0.2, -0.15) is 0 Å². The first kappa shape index (κ1) is 21.3. The summed E-state index contributed by atoms with van der Waals surface area (Å²) in [6, 6.07) is 17.6. The van der Waals surface area contributed by atoms with E-state index in [1.165, 1.54) is 37.8 Å². The summed E-state index contributed by atoms with van der Waals surface area (Å²) in [5, 5.41) is 9.83. The van der Waals surface area contributed by atoms with Crippen molar-refractivity contribution >= 4 is 28.8 Å². The molecule has 0 amide bonds. The maximum absolute atomic E-state index is 9.17. The Hall–Kier alpha value is -2.04. The Bertz CT molecular complexity index is 698. The number of hydrogen-bond acceptors (Lipinski definition) is 3. The van der Waals surface area contributed by atoms with E-state index in [0.29, 0.717) is 16.8 Å². The minimum Gasteiger partial charge on any atom is -0.378 e. The molecule has 0 saturated heterocycles. The molecule has 0 spiro atoms. The first-order valence-electron chi connectivity index (χ1n) is 9.54. The van der Waals surface area contributed by atoms with Crippen LogP contribution in [0.2, 0.25) is 5.02 Å². The third-order valence-electron chi connectivity index (χ3n) is 4.68. The number of halogens is 1. The molecule has 0 heterocycles. The molecule has 2 aromatic carbocycles. The lowest BCUT2D eigenvalue weighted by molar-refractivity contribution is 0.227. The zero-order chi connectivity index (χ0) is 19.5. The number of nitrogens with zero attached hydrogens (tertiary/aromatic N) is 2. The lowest BCUT2D eigenvalue weighted by Gasteiger charge is -2.21. The van der Waals surface area contributed by atoms with Gasteiger partial charge in [0.15, 0.2) is 0 Å². The van der Waals surface area contributed by atoms with Crippen LogP contribution in [-0.2, 0) is 0 Å². The van der Waals surface area contributed by atoms with Crippen LogP contribution in [0.15, 0.2) is 59.6 Å². The number of amidine groups is 1. The fourth-order valence-corrected chi connectivity index (χ4v) is 3.39. The summed E-state index contributed by atoms with van der Waals surface area (Å²) in [6.45, 7) is 0. The van der Waals surface area contributed by atoms with Crippen molar-refractivity contribution in [3.05, 3.63) is 59.6 Å². The molecule has 5 heteroatoms. The third-order valence-corrected chi connectivity index (χ3v) is 4.92. The maximum Gasteiger partial charge on any atom is 0.126 e. The molecule has 3 rings (SSSR count). The molecule has 4 nitrogen and oxygen atoms in total. The van der Waals surface area contributed by atoms with Crippen LogP contribution in [0.25, 0.3) is 0 Å². The number of nitrogens with one attached hydrogen (secondary N) is 1. The Balaban J connectivity index is 0.000000244. The molecule has 0 unspecified atom stereocenters. The van der Waals surface area contributed by atoms with Crippen molar-refractivity contribution in [3.8, 4) is 0 Å². The fraction of sp³-hybridized carbons (Fsp3) is 0.409. The number of para-hydroxylation sites is 1. The van der Waals surface area contributed by atoms with Gasteiger partial charge in [-0.15, -0.1) is 0 Å². The fourth-order valence-electron chi connectivity index (χ4n) is 3.21. The van der Waals surface area contributed by atoms with Crippen molar-refractivity contribution in [3.63, 3.8) is 0 Å². The van der Waals surface area contributed by atoms with Crippen molar-refractivity contribution in [1.29, 1.82) is 0 Å². The predicted molar refractivity (Wildman–Crippen MR) is 115 cm³/mol. The normalized spacial score (nSPS) is 14.9. The van der Waals surface area contributed by atoms with E-state index in [1.54, 1.807) is 6.07 Å². The zero-order valence-corrected chi connectivity index (χ0v) is 17.0. The second kappa shape index (κ2) is 11.6. The zero-order valence-electron chi connectivity index (χ0n) is 16.2. The summed E-state index contributed by atoms with van der Waals surface area (Å²) < 4.78 is 0. The molecule has 0 aromatic heterocycles. The molecule has 1 aliphatic carbocycles. The Kier molecular flexibility index (Phi) is 9.16. The van der Waals surface area contributed by atoms with E-state index in [2.05, 4.69) is 27.5 Å². The summed E-state index contributed by atoms with van der Waals surface area (Å²) in [5.41, 5.74) is 4.24. The average molecular weight is 388 g/mol. The number of benzene rings is 2. The highest BCUT2D eigenvalue weighted by atomic mass is 35.5. The van der Waals surface area contributed by atoms with Gasteiger partial charge in [-0.25, -0.2) is 4.99 Å². The topological polar surface area (TPSA) is 47.9 Å². The van der Waals surface area contributed by atoms with Crippen LogP contribution in [0, 0.1) is 5.92 Å². The van der Waals surface area contributed by atoms with Gasteiger partial charge in [0.2, 0.25) is 0 Å². The molecule has 1 fully saturated rings. The van der Waals surface area contributed by atoms with Crippen LogP contribution < -0.4 is 10.4 Å². The molecule has 0 radical (unpaired) electrons. The van der Waals surface area contributed by atoms with Crippen LogP contribution in [0.4, 0.5) is 11.4 Å². The van der Waals surface area contributed by atoms with E-state index in [9.17, 15) is 5.21 Å². The monoisotopic (exact) mass is 387 g/mol. The van der Waals surface area contributed by atoms with Gasteiger partial charge in [0, 0.05) is 31.2 Å². The first-order chi connectivity index (χ1) is 13.1. The van der Waals surface area contributed by atoms with E-state index >= 15 is 0 Å². The molecule has 146 valence electrons. The molecule has 0 aliphatic heterocycles. The molecule has 0 atom stereocenters. The molecular weight excluding hydrogens is 358 g/mol. The highest BCUT2D eigenvalue weighted by Crippen LogP contribution is 2.27. The van der Waals surface area contributed by atoms with Crippen LogP contribution in [0.1, 0.15) is 38.5 Å². The number of rotatable bonds is 4. The van der Waals surface area contributed by atoms with Crippen LogP contribution in [0.5, 0.6) is 0 Å². The first-order valence-corrected chi connectivity index (χ1v) is 9.92. The molecule has 0 bridgehead atoms. The maximum atomic E-state index is 9.17. The Morgan fingerprint density at radius 3 is 2.33 bits per heavy atom. The number of hydrogen-bond donors (Lipinski definition) is 2. The second-order valence-electron chi connectivity index (χ2n) is 7.09. The Morgan fingerprint density at radius 1 is 1.07 bits per heavy atom. The Labute approximate surface area is 167 Å². The van der Waals surface area contributed by atoms with Crippen molar-refractivity contribution in [1.82, 2.24) is 5.48 Å². The predicted octanol–water partition coefficient (Wildman–Crippen LogP) is 6.07. The third kappa shape index (κ3) is 8.02. The summed E-state index contributed by atoms with van der Waals surface area (Å²) in [4.78, 5) is 6.49. The van der Waals surface area contributed by atoms with E-state index in [1.807, 2.05) is 50.5 Å². The molecular formula is C22H30ClN3O. The van der Waals surface area contributed by atoms with Crippen LogP contribution in [0.3, 0.4) is 0 Å². The molecule has 27 heavy (non-hydrogen) atoms. The molecule has 1 saturated carbocycles. The van der Waals surface area contributed by atoms with Crippen molar-refractivity contribution in [2.45, 2.75) is 38.5 Å². The summed E-state index contributed by atoms with van der Waals surface area (Å²) in [7, 11) is 4.07. The van der Waals surface area contributed by atoms with Crippen LogP contribution in [-0.4, -0.2) is 25.1 Å². The standard InChI is InChI=1S/C14H19ClN2O.C8H11N/c15-12-7-4-8-13(10-12)16-14(17-18)9-11-5-2-1-3-6-11;1-9(2)8-6-4-3-5-7-8/h4,7-8,10-11,18H,1-3,5-6,9H2,(H,16,17);3-7H,1-2H3. The molecule has 1 aliphatic rings. The summed E-state index contributed by atoms with van der Waals surface area (Å²) >= 11 is 5.91. The van der Waals surface area contributed by atoms with Gasteiger partial charge in [-0.1, -0.05) is 68.0 Å². The SMILES string of the molecule is CN(C)c1ccccc1.ONC(CC1CCCCC1)=Nc1cccc(Cl)c1. The van der Waals surface area contributed by atoms with Crippen molar-refractivity contribution in [2.24, 2.45) is 10.9 Å². The lowest BCUT2D eigenvalue weighted by Crippen LogP contribution is -2.23. The quantitative estimate of drug-likeness (QED) is 0.380.